The van der Waals surface area contributed by atoms with Gasteiger partial charge in [0.25, 0.3) is 0 Å². The van der Waals surface area contributed by atoms with Crippen molar-refractivity contribution >= 4 is 49.2 Å². The van der Waals surface area contributed by atoms with Gasteiger partial charge in [-0.2, -0.15) is 0 Å². The van der Waals surface area contributed by atoms with Gasteiger partial charge in [0.15, 0.2) is 0 Å². The molecule has 0 radical (unpaired) electrons. The standard InChI is InChI=1S/C57H44N2O/c1-57(2)50-22-12-21-45(54(50)49-33-41-17-6-7-18-42(41)35-51(49)57)38-23-25-39(26-24-38)52(59-56(58)40-15-4-3-5-16-40)31-28-36-13-8-10-19-44(36)43-29-32-53-48(34-43)47-30-27-37-14-9-11-20-46(37)55(47)60-53/h3-27,29-35,56,59H,28,58H2,1-2H3/b52-31-. The molecule has 0 saturated heterocycles. The normalized spacial score (nSPS) is 13.8. The maximum atomic E-state index is 6.88. The number of hydrogen-bond acceptors (Lipinski definition) is 3. The molecule has 60 heavy (non-hydrogen) atoms. The van der Waals surface area contributed by atoms with Crippen molar-refractivity contribution in [3.8, 4) is 33.4 Å². The molecule has 1 unspecified atom stereocenters. The molecule has 0 aliphatic heterocycles. The topological polar surface area (TPSA) is 51.2 Å². The molecular formula is C57H44N2O. The Morgan fingerprint density at radius 3 is 2.10 bits per heavy atom. The zero-order valence-electron chi connectivity index (χ0n) is 33.7. The molecule has 9 aromatic carbocycles. The highest BCUT2D eigenvalue weighted by atomic mass is 16.3. The Morgan fingerprint density at radius 1 is 0.567 bits per heavy atom. The van der Waals surface area contributed by atoms with Crippen LogP contribution < -0.4 is 11.1 Å². The first-order valence-electron chi connectivity index (χ1n) is 20.9. The summed E-state index contributed by atoms with van der Waals surface area (Å²) in [5.41, 5.74) is 23.2. The number of nitrogens with one attached hydrogen (secondary N) is 1. The van der Waals surface area contributed by atoms with Crippen LogP contribution in [0.15, 0.2) is 199 Å². The number of benzene rings is 9. The van der Waals surface area contributed by atoms with Crippen molar-refractivity contribution < 1.29 is 4.42 Å². The molecule has 1 atom stereocenters. The molecule has 0 spiro atoms. The van der Waals surface area contributed by atoms with Gasteiger partial charge in [-0.25, -0.2) is 0 Å². The van der Waals surface area contributed by atoms with Crippen LogP contribution in [0.3, 0.4) is 0 Å². The Morgan fingerprint density at radius 2 is 1.27 bits per heavy atom. The summed E-state index contributed by atoms with van der Waals surface area (Å²) in [5, 5.41) is 10.8. The zero-order chi connectivity index (χ0) is 40.4. The molecular weight excluding hydrogens is 729 g/mol. The lowest BCUT2D eigenvalue weighted by molar-refractivity contribution is 0.661. The minimum Gasteiger partial charge on any atom is -0.455 e. The van der Waals surface area contributed by atoms with Crippen LogP contribution in [0.1, 0.15) is 47.8 Å². The van der Waals surface area contributed by atoms with Gasteiger partial charge < -0.3 is 15.5 Å². The van der Waals surface area contributed by atoms with E-state index in [4.69, 9.17) is 10.2 Å². The molecule has 3 N–H and O–H groups in total. The smallest absolute Gasteiger partial charge is 0.143 e. The summed E-state index contributed by atoms with van der Waals surface area (Å²) in [6.07, 6.45) is 2.62. The number of allylic oxidation sites excluding steroid dienone is 1. The lowest BCUT2D eigenvalue weighted by Gasteiger charge is -2.22. The average Bonchev–Trinajstić information content (AvgIpc) is 3.78. The molecule has 1 heterocycles. The van der Waals surface area contributed by atoms with E-state index in [9.17, 15) is 0 Å². The van der Waals surface area contributed by atoms with Gasteiger partial charge in [-0.15, -0.1) is 0 Å². The highest BCUT2D eigenvalue weighted by molar-refractivity contribution is 6.15. The third-order valence-electron chi connectivity index (χ3n) is 12.8. The summed E-state index contributed by atoms with van der Waals surface area (Å²) in [5.74, 6) is 0. The van der Waals surface area contributed by atoms with Gasteiger partial charge in [0.05, 0.1) is 0 Å². The summed E-state index contributed by atoms with van der Waals surface area (Å²) >= 11 is 0. The number of rotatable bonds is 8. The molecule has 0 fully saturated rings. The summed E-state index contributed by atoms with van der Waals surface area (Å²) in [6, 6.07) is 67.6. The monoisotopic (exact) mass is 772 g/mol. The van der Waals surface area contributed by atoms with Crippen LogP contribution in [0.5, 0.6) is 0 Å². The second kappa shape index (κ2) is 14.3. The van der Waals surface area contributed by atoms with Crippen molar-refractivity contribution in [2.24, 2.45) is 5.73 Å². The molecule has 3 heteroatoms. The molecule has 1 aliphatic rings. The molecule has 3 nitrogen and oxygen atoms in total. The Bertz CT molecular complexity index is 3300. The van der Waals surface area contributed by atoms with Crippen molar-refractivity contribution in [3.63, 3.8) is 0 Å². The van der Waals surface area contributed by atoms with E-state index in [0.29, 0.717) is 6.42 Å². The van der Waals surface area contributed by atoms with E-state index in [2.05, 4.69) is 195 Å². The quantitative estimate of drug-likeness (QED) is 0.151. The maximum Gasteiger partial charge on any atom is 0.143 e. The molecule has 10 aromatic rings. The summed E-state index contributed by atoms with van der Waals surface area (Å²) in [4.78, 5) is 0. The SMILES string of the molecule is CC1(C)c2cc3ccccc3cc2-c2c(-c3ccc(/C(=C/Cc4ccccc4-c4ccc5oc6c7ccccc7ccc6c5c4)NC(N)c4ccccc4)cc3)cccc21. The molecule has 1 aliphatic carbocycles. The lowest BCUT2D eigenvalue weighted by atomic mass is 9.81. The molecule has 0 saturated carbocycles. The second-order valence-corrected chi connectivity index (χ2v) is 16.7. The van der Waals surface area contributed by atoms with E-state index in [1.807, 2.05) is 18.2 Å². The fourth-order valence-electron chi connectivity index (χ4n) is 9.58. The zero-order valence-corrected chi connectivity index (χ0v) is 33.7. The number of hydrogen-bond donors (Lipinski definition) is 2. The summed E-state index contributed by atoms with van der Waals surface area (Å²) in [6.45, 7) is 4.71. The van der Waals surface area contributed by atoms with Crippen molar-refractivity contribution in [2.75, 3.05) is 0 Å². The predicted octanol–water partition coefficient (Wildman–Crippen LogP) is 14.4. The van der Waals surface area contributed by atoms with Gasteiger partial charge in [0.1, 0.15) is 17.3 Å². The van der Waals surface area contributed by atoms with Crippen LogP contribution in [-0.4, -0.2) is 0 Å². The minimum absolute atomic E-state index is 0.0959. The third kappa shape index (κ3) is 6.01. The predicted molar refractivity (Wildman–Crippen MR) is 252 cm³/mol. The second-order valence-electron chi connectivity index (χ2n) is 16.7. The van der Waals surface area contributed by atoms with Crippen molar-refractivity contribution in [1.29, 1.82) is 0 Å². The molecule has 0 amide bonds. The van der Waals surface area contributed by atoms with E-state index in [0.717, 1.165) is 49.7 Å². The van der Waals surface area contributed by atoms with Gasteiger partial charge in [-0.3, -0.25) is 0 Å². The van der Waals surface area contributed by atoms with Crippen LogP contribution in [0.2, 0.25) is 0 Å². The lowest BCUT2D eigenvalue weighted by Crippen LogP contribution is -2.27. The number of furan rings is 1. The van der Waals surface area contributed by atoms with E-state index in [1.54, 1.807) is 0 Å². The summed E-state index contributed by atoms with van der Waals surface area (Å²) < 4.78 is 6.46. The number of nitrogens with two attached hydrogens (primary N) is 1. The molecule has 1 aromatic heterocycles. The van der Waals surface area contributed by atoms with Gasteiger partial charge in [-0.05, 0) is 114 Å². The largest absolute Gasteiger partial charge is 0.455 e. The van der Waals surface area contributed by atoms with Crippen molar-refractivity contribution in [1.82, 2.24) is 5.32 Å². The van der Waals surface area contributed by atoms with Crippen LogP contribution in [0, 0.1) is 0 Å². The minimum atomic E-state index is -0.383. The fraction of sp³-hybridized carbons (Fsp3) is 0.0877. The van der Waals surface area contributed by atoms with Crippen molar-refractivity contribution in [2.45, 2.75) is 31.8 Å². The van der Waals surface area contributed by atoms with E-state index < -0.39 is 0 Å². The average molecular weight is 773 g/mol. The third-order valence-corrected chi connectivity index (χ3v) is 12.8. The summed E-state index contributed by atoms with van der Waals surface area (Å²) in [7, 11) is 0. The van der Waals surface area contributed by atoms with E-state index >= 15 is 0 Å². The van der Waals surface area contributed by atoms with Crippen LogP contribution >= 0.6 is 0 Å². The molecule has 11 rings (SSSR count). The molecule has 288 valence electrons. The van der Waals surface area contributed by atoms with Crippen LogP contribution in [0.4, 0.5) is 0 Å². The van der Waals surface area contributed by atoms with Crippen molar-refractivity contribution in [3.05, 3.63) is 222 Å². The highest BCUT2D eigenvalue weighted by Crippen LogP contribution is 2.53. The van der Waals surface area contributed by atoms with Gasteiger partial charge >= 0.3 is 0 Å². The Labute approximate surface area is 350 Å². The maximum absolute atomic E-state index is 6.88. The Balaban J connectivity index is 0.963. The Hall–Kier alpha value is -7.20. The number of fused-ring (bicyclic) bond motifs is 9. The molecule has 0 bridgehead atoms. The first-order chi connectivity index (χ1) is 29.4. The fourth-order valence-corrected chi connectivity index (χ4v) is 9.58. The van der Waals surface area contributed by atoms with Gasteiger partial charge in [-0.1, -0.05) is 178 Å². The Kier molecular flexibility index (Phi) is 8.54. The van der Waals surface area contributed by atoms with Crippen LogP contribution in [-0.2, 0) is 11.8 Å². The van der Waals surface area contributed by atoms with Gasteiger partial charge in [0.2, 0.25) is 0 Å². The van der Waals surface area contributed by atoms with Crippen LogP contribution in [0.25, 0.3) is 82.6 Å². The van der Waals surface area contributed by atoms with Gasteiger partial charge in [0, 0.05) is 27.3 Å². The first-order valence-corrected chi connectivity index (χ1v) is 20.9. The highest BCUT2D eigenvalue weighted by Gasteiger charge is 2.37. The first kappa shape index (κ1) is 35.9. The van der Waals surface area contributed by atoms with E-state index in [1.165, 1.54) is 60.7 Å². The van der Waals surface area contributed by atoms with E-state index in [-0.39, 0.29) is 11.6 Å².